The molecule has 1 aliphatic carbocycles. The Morgan fingerprint density at radius 1 is 1.05 bits per heavy atom. The van der Waals surface area contributed by atoms with Gasteiger partial charge in [0.15, 0.2) is 0 Å². The maximum absolute atomic E-state index is 13.5. The molecule has 1 aromatic rings. The van der Waals surface area contributed by atoms with Gasteiger partial charge in [-0.2, -0.15) is 0 Å². The van der Waals surface area contributed by atoms with Crippen LogP contribution in [-0.4, -0.2) is 0 Å². The minimum Gasteiger partial charge on any atom is -0.205 e. The van der Waals surface area contributed by atoms with E-state index in [1.807, 2.05) is 6.07 Å². The van der Waals surface area contributed by atoms with Crippen LogP contribution in [0.3, 0.4) is 0 Å². The van der Waals surface area contributed by atoms with E-state index >= 15 is 0 Å². The second kappa shape index (κ2) is 8.78. The quantitative estimate of drug-likeness (QED) is 0.470. The third-order valence-corrected chi connectivity index (χ3v) is 5.28. The van der Waals surface area contributed by atoms with E-state index in [4.69, 9.17) is 11.6 Å². The van der Waals surface area contributed by atoms with E-state index in [9.17, 15) is 4.39 Å². The van der Waals surface area contributed by atoms with Gasteiger partial charge in [-0.1, -0.05) is 63.1 Å². The maximum atomic E-state index is 13.5. The van der Waals surface area contributed by atoms with Gasteiger partial charge in [0.1, 0.15) is 5.82 Å². The highest BCUT2D eigenvalue weighted by Gasteiger charge is 2.22. The summed E-state index contributed by atoms with van der Waals surface area (Å²) in [5, 5.41) is 0.236. The van der Waals surface area contributed by atoms with Crippen LogP contribution >= 0.6 is 11.6 Å². The first-order valence-electron chi connectivity index (χ1n) is 8.65. The second-order valence-corrected chi connectivity index (χ2v) is 7.00. The van der Waals surface area contributed by atoms with Crippen molar-refractivity contribution in [3.8, 4) is 0 Å². The van der Waals surface area contributed by atoms with Crippen molar-refractivity contribution in [1.29, 1.82) is 0 Å². The first kappa shape index (κ1) is 16.8. The van der Waals surface area contributed by atoms with Crippen molar-refractivity contribution in [2.75, 3.05) is 0 Å². The molecule has 0 bridgehead atoms. The first-order chi connectivity index (χ1) is 10.2. The Balaban J connectivity index is 1.71. The molecule has 0 atom stereocenters. The van der Waals surface area contributed by atoms with Crippen molar-refractivity contribution >= 4 is 11.6 Å². The molecule has 0 aliphatic heterocycles. The Labute approximate surface area is 134 Å². The highest BCUT2D eigenvalue weighted by Crippen LogP contribution is 2.38. The molecule has 0 unspecified atom stereocenters. The van der Waals surface area contributed by atoms with Crippen molar-refractivity contribution in [2.45, 2.75) is 77.0 Å². The van der Waals surface area contributed by atoms with Crippen molar-refractivity contribution < 1.29 is 4.39 Å². The molecule has 0 amide bonds. The van der Waals surface area contributed by atoms with Gasteiger partial charge in [0.2, 0.25) is 0 Å². The predicted octanol–water partition coefficient (Wildman–Crippen LogP) is 7.11. The summed E-state index contributed by atoms with van der Waals surface area (Å²) in [5.74, 6) is 1.17. The molecule has 0 saturated heterocycles. The number of rotatable bonds is 7. The summed E-state index contributed by atoms with van der Waals surface area (Å²) in [5.41, 5.74) is 1.14. The molecule has 2 heteroatoms. The lowest BCUT2D eigenvalue weighted by Gasteiger charge is -2.29. The van der Waals surface area contributed by atoms with Crippen LogP contribution in [0.5, 0.6) is 0 Å². The third kappa shape index (κ3) is 5.29. The molecular weight excluding hydrogens is 283 g/mol. The molecule has 1 saturated carbocycles. The Kier molecular flexibility index (Phi) is 7.03. The summed E-state index contributed by atoms with van der Waals surface area (Å²) < 4.78 is 13.5. The van der Waals surface area contributed by atoms with E-state index in [0.717, 1.165) is 11.5 Å². The van der Waals surface area contributed by atoms with Crippen LogP contribution in [0.2, 0.25) is 5.02 Å². The molecule has 0 heterocycles. The molecular formula is C19H28ClF. The standard InChI is InChI=1S/C19H28ClF/c1-2-3-4-5-6-7-15-8-10-16(11-9-15)17-12-13-18(20)19(21)14-17/h12-16H,2-11H2,1H3. The number of hydrogen-bond acceptors (Lipinski definition) is 0. The van der Waals surface area contributed by atoms with Crippen molar-refractivity contribution in [3.05, 3.63) is 34.6 Å². The van der Waals surface area contributed by atoms with Gasteiger partial charge in [0, 0.05) is 0 Å². The monoisotopic (exact) mass is 310 g/mol. The van der Waals surface area contributed by atoms with Crippen LogP contribution in [0.25, 0.3) is 0 Å². The Hall–Kier alpha value is -0.560. The van der Waals surface area contributed by atoms with Crippen LogP contribution in [0.1, 0.15) is 82.6 Å². The Bertz CT molecular complexity index is 422. The second-order valence-electron chi connectivity index (χ2n) is 6.59. The molecule has 21 heavy (non-hydrogen) atoms. The molecule has 0 spiro atoms. The van der Waals surface area contributed by atoms with Gasteiger partial charge in [-0.15, -0.1) is 0 Å². The summed E-state index contributed by atoms with van der Waals surface area (Å²) in [4.78, 5) is 0. The van der Waals surface area contributed by atoms with E-state index in [-0.39, 0.29) is 10.8 Å². The third-order valence-electron chi connectivity index (χ3n) is 4.98. The summed E-state index contributed by atoms with van der Waals surface area (Å²) in [6, 6.07) is 5.34. The topological polar surface area (TPSA) is 0 Å². The Morgan fingerprint density at radius 3 is 2.43 bits per heavy atom. The largest absolute Gasteiger partial charge is 0.205 e. The minimum absolute atomic E-state index is 0.236. The zero-order chi connectivity index (χ0) is 15.1. The first-order valence-corrected chi connectivity index (χ1v) is 9.03. The summed E-state index contributed by atoms with van der Waals surface area (Å²) >= 11 is 5.76. The van der Waals surface area contributed by atoms with Gasteiger partial charge in [-0.05, 0) is 55.2 Å². The van der Waals surface area contributed by atoms with E-state index in [1.165, 1.54) is 64.2 Å². The summed E-state index contributed by atoms with van der Waals surface area (Å²) in [7, 11) is 0. The lowest BCUT2D eigenvalue weighted by molar-refractivity contribution is 0.301. The Morgan fingerprint density at radius 2 is 1.76 bits per heavy atom. The molecule has 1 aromatic carbocycles. The highest BCUT2D eigenvalue weighted by atomic mass is 35.5. The molecule has 0 nitrogen and oxygen atoms in total. The average Bonchev–Trinajstić information content (AvgIpc) is 2.50. The van der Waals surface area contributed by atoms with E-state index in [0.29, 0.717) is 5.92 Å². The number of unbranched alkanes of at least 4 members (excludes halogenated alkanes) is 4. The lowest BCUT2D eigenvalue weighted by atomic mass is 9.77. The number of halogens is 2. The van der Waals surface area contributed by atoms with Crippen LogP contribution in [-0.2, 0) is 0 Å². The van der Waals surface area contributed by atoms with E-state index in [2.05, 4.69) is 6.92 Å². The van der Waals surface area contributed by atoms with Crippen molar-refractivity contribution in [2.24, 2.45) is 5.92 Å². The van der Waals surface area contributed by atoms with Gasteiger partial charge in [0.25, 0.3) is 0 Å². The normalized spacial score (nSPS) is 22.4. The van der Waals surface area contributed by atoms with Gasteiger partial charge in [0.05, 0.1) is 5.02 Å². The smallest absolute Gasteiger partial charge is 0.142 e. The maximum Gasteiger partial charge on any atom is 0.142 e. The molecule has 0 radical (unpaired) electrons. The molecule has 0 aromatic heterocycles. The van der Waals surface area contributed by atoms with Crippen LogP contribution in [0.15, 0.2) is 18.2 Å². The van der Waals surface area contributed by atoms with Gasteiger partial charge in [-0.3, -0.25) is 0 Å². The highest BCUT2D eigenvalue weighted by molar-refractivity contribution is 6.30. The fraction of sp³-hybridized carbons (Fsp3) is 0.684. The molecule has 2 rings (SSSR count). The van der Waals surface area contributed by atoms with E-state index in [1.54, 1.807) is 12.1 Å². The van der Waals surface area contributed by atoms with Crippen LogP contribution in [0.4, 0.5) is 4.39 Å². The fourth-order valence-corrected chi connectivity index (χ4v) is 3.70. The molecule has 1 aliphatic rings. The predicted molar refractivity (Wildman–Crippen MR) is 89.5 cm³/mol. The minimum atomic E-state index is -0.271. The van der Waals surface area contributed by atoms with Gasteiger partial charge in [-0.25, -0.2) is 4.39 Å². The van der Waals surface area contributed by atoms with Crippen molar-refractivity contribution in [1.82, 2.24) is 0 Å². The SMILES string of the molecule is CCCCCCCC1CCC(c2ccc(Cl)c(F)c2)CC1. The van der Waals surface area contributed by atoms with Gasteiger partial charge < -0.3 is 0 Å². The number of hydrogen-bond donors (Lipinski definition) is 0. The van der Waals surface area contributed by atoms with E-state index < -0.39 is 0 Å². The zero-order valence-corrected chi connectivity index (χ0v) is 14.0. The number of benzene rings is 1. The molecule has 1 fully saturated rings. The average molecular weight is 311 g/mol. The van der Waals surface area contributed by atoms with Crippen LogP contribution in [0, 0.1) is 11.7 Å². The fourth-order valence-electron chi connectivity index (χ4n) is 3.59. The summed E-state index contributed by atoms with van der Waals surface area (Å²) in [6.45, 7) is 2.26. The van der Waals surface area contributed by atoms with Crippen LogP contribution < -0.4 is 0 Å². The van der Waals surface area contributed by atoms with Crippen molar-refractivity contribution in [3.63, 3.8) is 0 Å². The lowest BCUT2D eigenvalue weighted by Crippen LogP contribution is -2.13. The zero-order valence-electron chi connectivity index (χ0n) is 13.2. The molecule has 0 N–H and O–H groups in total. The molecule has 118 valence electrons. The summed E-state index contributed by atoms with van der Waals surface area (Å²) in [6.07, 6.45) is 13.3. The van der Waals surface area contributed by atoms with Gasteiger partial charge >= 0.3 is 0 Å².